The Labute approximate surface area is 158 Å². The molecule has 0 aliphatic carbocycles. The van der Waals surface area contributed by atoms with Crippen molar-refractivity contribution in [1.29, 1.82) is 0 Å². The summed E-state index contributed by atoms with van der Waals surface area (Å²) in [5.41, 5.74) is 0.866. The fourth-order valence-corrected chi connectivity index (χ4v) is 3.88. The highest BCUT2D eigenvalue weighted by atomic mass is 79.9. The number of rotatable bonds is 5. The molecule has 126 valence electrons. The zero-order valence-electron chi connectivity index (χ0n) is 12.1. The first-order chi connectivity index (χ1) is 11.5. The summed E-state index contributed by atoms with van der Waals surface area (Å²) in [6.45, 7) is 0.176. The fraction of sp³-hybridized carbons (Fsp3) is 0.200. The number of nitrogens with one attached hydrogen (secondary N) is 1. The van der Waals surface area contributed by atoms with Crippen molar-refractivity contribution in [1.82, 2.24) is 5.32 Å². The van der Waals surface area contributed by atoms with Gasteiger partial charge in [-0.05, 0) is 55.6 Å². The van der Waals surface area contributed by atoms with Crippen LogP contribution in [0.25, 0.3) is 0 Å². The molecule has 1 aromatic carbocycles. The predicted molar refractivity (Wildman–Crippen MR) is 94.4 cm³/mol. The van der Waals surface area contributed by atoms with Crippen LogP contribution in [0.2, 0.25) is 0 Å². The highest BCUT2D eigenvalue weighted by Gasteiger charge is 2.16. The van der Waals surface area contributed by atoms with Crippen LogP contribution in [-0.4, -0.2) is 25.3 Å². The number of carbonyl (C=O) groups is 2. The molecule has 0 bridgehead atoms. The van der Waals surface area contributed by atoms with Crippen molar-refractivity contribution in [3.63, 3.8) is 0 Å². The standard InChI is InChI=1S/C15H11Br2NO5S/c16-9-4-12(24-14(9)17)15(20)21-6-13(19)18-5-8-1-2-10-11(3-8)23-7-22-10/h1-4H,5-7H2,(H,18,19). The molecule has 24 heavy (non-hydrogen) atoms. The molecule has 1 aliphatic heterocycles. The maximum absolute atomic E-state index is 11.9. The average molecular weight is 477 g/mol. The van der Waals surface area contributed by atoms with Gasteiger partial charge in [-0.3, -0.25) is 4.79 Å². The molecule has 9 heteroatoms. The Morgan fingerprint density at radius 3 is 2.75 bits per heavy atom. The van der Waals surface area contributed by atoms with E-state index in [0.29, 0.717) is 22.9 Å². The predicted octanol–water partition coefficient (Wildman–Crippen LogP) is 3.48. The molecular formula is C15H11Br2NO5S. The third-order valence-electron chi connectivity index (χ3n) is 3.11. The number of ether oxygens (including phenoxy) is 3. The van der Waals surface area contributed by atoms with E-state index in [0.717, 1.165) is 13.8 Å². The lowest BCUT2D eigenvalue weighted by molar-refractivity contribution is -0.124. The van der Waals surface area contributed by atoms with Gasteiger partial charge < -0.3 is 19.5 Å². The molecule has 0 radical (unpaired) electrons. The lowest BCUT2D eigenvalue weighted by atomic mass is 10.2. The van der Waals surface area contributed by atoms with Crippen LogP contribution < -0.4 is 14.8 Å². The molecule has 6 nitrogen and oxygen atoms in total. The Kier molecular flexibility index (Phi) is 5.42. The van der Waals surface area contributed by atoms with E-state index in [1.165, 1.54) is 11.3 Å². The Bertz CT molecular complexity index is 773. The third-order valence-corrected chi connectivity index (χ3v) is 6.34. The highest BCUT2D eigenvalue weighted by molar-refractivity contribution is 9.13. The first kappa shape index (κ1) is 17.2. The molecule has 1 amide bonds. The van der Waals surface area contributed by atoms with E-state index < -0.39 is 5.97 Å². The van der Waals surface area contributed by atoms with Crippen molar-refractivity contribution in [2.75, 3.05) is 13.4 Å². The van der Waals surface area contributed by atoms with Gasteiger partial charge in [0, 0.05) is 11.0 Å². The zero-order chi connectivity index (χ0) is 17.1. The topological polar surface area (TPSA) is 73.9 Å². The van der Waals surface area contributed by atoms with Crippen molar-refractivity contribution in [3.8, 4) is 11.5 Å². The van der Waals surface area contributed by atoms with Crippen molar-refractivity contribution in [3.05, 3.63) is 43.0 Å². The van der Waals surface area contributed by atoms with Crippen LogP contribution in [0.3, 0.4) is 0 Å². The van der Waals surface area contributed by atoms with Gasteiger partial charge in [-0.2, -0.15) is 0 Å². The van der Waals surface area contributed by atoms with E-state index in [4.69, 9.17) is 14.2 Å². The maximum atomic E-state index is 11.9. The Morgan fingerprint density at radius 2 is 2.00 bits per heavy atom. The number of carbonyl (C=O) groups excluding carboxylic acids is 2. The molecule has 0 fully saturated rings. The lowest BCUT2D eigenvalue weighted by Gasteiger charge is -2.07. The minimum Gasteiger partial charge on any atom is -0.454 e. The number of hydrogen-bond donors (Lipinski definition) is 1. The molecule has 1 N–H and O–H groups in total. The average Bonchev–Trinajstić information content (AvgIpc) is 3.17. The molecular weight excluding hydrogens is 466 g/mol. The molecule has 1 aliphatic rings. The van der Waals surface area contributed by atoms with Gasteiger partial charge in [-0.15, -0.1) is 11.3 Å². The van der Waals surface area contributed by atoms with E-state index in [2.05, 4.69) is 37.2 Å². The highest BCUT2D eigenvalue weighted by Crippen LogP contribution is 2.33. The molecule has 0 spiro atoms. The van der Waals surface area contributed by atoms with Crippen LogP contribution in [0.5, 0.6) is 11.5 Å². The minimum atomic E-state index is -0.537. The van der Waals surface area contributed by atoms with Crippen LogP contribution in [-0.2, 0) is 16.1 Å². The molecule has 0 saturated heterocycles. The molecule has 2 aromatic rings. The van der Waals surface area contributed by atoms with Gasteiger partial charge in [-0.25, -0.2) is 4.79 Å². The molecule has 1 aromatic heterocycles. The Hall–Kier alpha value is -1.58. The molecule has 0 saturated carbocycles. The quantitative estimate of drug-likeness (QED) is 0.669. The van der Waals surface area contributed by atoms with Crippen LogP contribution >= 0.6 is 43.2 Å². The number of thiophene rings is 1. The zero-order valence-corrected chi connectivity index (χ0v) is 16.1. The van der Waals surface area contributed by atoms with Crippen LogP contribution in [0, 0.1) is 0 Å². The maximum Gasteiger partial charge on any atom is 0.348 e. The van der Waals surface area contributed by atoms with Gasteiger partial charge in [0.2, 0.25) is 6.79 Å². The SMILES string of the molecule is O=C(COC(=O)c1cc(Br)c(Br)s1)NCc1ccc2c(c1)OCO2. The van der Waals surface area contributed by atoms with Gasteiger partial charge in [0.1, 0.15) is 4.88 Å². The second-order valence-corrected chi connectivity index (χ2v) is 8.00. The van der Waals surface area contributed by atoms with Gasteiger partial charge in [0.25, 0.3) is 5.91 Å². The summed E-state index contributed by atoms with van der Waals surface area (Å²) in [5, 5.41) is 2.69. The molecule has 0 atom stereocenters. The first-order valence-corrected chi connectivity index (χ1v) is 9.20. The summed E-state index contributed by atoms with van der Waals surface area (Å²) in [6, 6.07) is 7.06. The van der Waals surface area contributed by atoms with Gasteiger partial charge in [0.15, 0.2) is 18.1 Å². The summed E-state index contributed by atoms with van der Waals surface area (Å²) in [5.74, 6) is 0.426. The summed E-state index contributed by atoms with van der Waals surface area (Å²) in [4.78, 5) is 24.1. The number of halogens is 2. The number of benzene rings is 1. The van der Waals surface area contributed by atoms with Gasteiger partial charge in [0.05, 0.1) is 3.79 Å². The van der Waals surface area contributed by atoms with E-state index >= 15 is 0 Å². The van der Waals surface area contributed by atoms with E-state index in [9.17, 15) is 9.59 Å². The van der Waals surface area contributed by atoms with Crippen molar-refractivity contribution >= 4 is 55.1 Å². The van der Waals surface area contributed by atoms with Crippen molar-refractivity contribution in [2.24, 2.45) is 0 Å². The second kappa shape index (κ2) is 7.54. The number of amides is 1. The summed E-state index contributed by atoms with van der Waals surface area (Å²) in [6.07, 6.45) is 0. The van der Waals surface area contributed by atoms with Crippen LogP contribution in [0.15, 0.2) is 32.5 Å². The monoisotopic (exact) mass is 475 g/mol. The van der Waals surface area contributed by atoms with Gasteiger partial charge >= 0.3 is 5.97 Å². The van der Waals surface area contributed by atoms with Crippen molar-refractivity contribution in [2.45, 2.75) is 6.54 Å². The number of hydrogen-bond acceptors (Lipinski definition) is 6. The smallest absolute Gasteiger partial charge is 0.348 e. The van der Waals surface area contributed by atoms with Crippen LogP contribution in [0.1, 0.15) is 15.2 Å². The first-order valence-electron chi connectivity index (χ1n) is 6.80. The van der Waals surface area contributed by atoms with Crippen molar-refractivity contribution < 1.29 is 23.8 Å². The number of esters is 1. The Balaban J connectivity index is 1.46. The largest absolute Gasteiger partial charge is 0.454 e. The molecule has 0 unspecified atom stereocenters. The summed E-state index contributed by atoms with van der Waals surface area (Å²) in [7, 11) is 0. The molecule has 3 rings (SSSR count). The van der Waals surface area contributed by atoms with E-state index in [1.54, 1.807) is 18.2 Å². The summed E-state index contributed by atoms with van der Waals surface area (Å²) < 4.78 is 17.1. The fourth-order valence-electron chi connectivity index (χ4n) is 1.95. The summed E-state index contributed by atoms with van der Waals surface area (Å²) >= 11 is 7.83. The third kappa shape index (κ3) is 4.08. The number of fused-ring (bicyclic) bond motifs is 1. The normalized spacial score (nSPS) is 12.1. The lowest BCUT2D eigenvalue weighted by Crippen LogP contribution is -2.28. The molecule has 2 heterocycles. The van der Waals surface area contributed by atoms with Gasteiger partial charge in [-0.1, -0.05) is 6.07 Å². The Morgan fingerprint density at radius 1 is 1.21 bits per heavy atom. The second-order valence-electron chi connectivity index (χ2n) is 4.77. The van der Waals surface area contributed by atoms with Crippen LogP contribution in [0.4, 0.5) is 0 Å². The van der Waals surface area contributed by atoms with E-state index in [-0.39, 0.29) is 19.3 Å². The van der Waals surface area contributed by atoms with E-state index in [1.807, 2.05) is 6.07 Å². The minimum absolute atomic E-state index is 0.204.